The van der Waals surface area contributed by atoms with Gasteiger partial charge in [0.05, 0.1) is 12.6 Å². The number of carbonyl (C=O) groups excluding carboxylic acids is 1. The molecule has 0 saturated carbocycles. The summed E-state index contributed by atoms with van der Waals surface area (Å²) in [5.74, 6) is 1.47. The molecule has 7 nitrogen and oxygen atoms in total. The maximum absolute atomic E-state index is 12.2. The molecule has 1 aliphatic heterocycles. The van der Waals surface area contributed by atoms with Crippen molar-refractivity contribution in [1.82, 2.24) is 25.4 Å². The number of nitrogens with one attached hydrogen (secondary N) is 2. The summed E-state index contributed by atoms with van der Waals surface area (Å²) in [4.78, 5) is 17.8. The first-order valence-electron chi connectivity index (χ1n) is 7.67. The number of nitrogens with zero attached hydrogens (tertiary/aromatic N) is 3. The van der Waals surface area contributed by atoms with Crippen LogP contribution in [0.5, 0.6) is 0 Å². The molecule has 0 radical (unpaired) electrons. The second-order valence-electron chi connectivity index (χ2n) is 5.59. The molecule has 1 atom stereocenters. The molecule has 1 aliphatic rings. The quantitative estimate of drug-likeness (QED) is 0.877. The number of aromatic nitrogens is 3. The number of aryl methyl sites for hydroxylation is 2. The number of methoxy groups -OCH3 is 1. The van der Waals surface area contributed by atoms with Gasteiger partial charge in [-0.2, -0.15) is 5.10 Å². The van der Waals surface area contributed by atoms with E-state index in [4.69, 9.17) is 4.74 Å². The Labute approximate surface area is 139 Å². The molecule has 0 saturated heterocycles. The lowest BCUT2D eigenvalue weighted by Crippen LogP contribution is -2.39. The van der Waals surface area contributed by atoms with E-state index in [1.165, 1.54) is 10.4 Å². The zero-order valence-corrected chi connectivity index (χ0v) is 14.2. The van der Waals surface area contributed by atoms with Crippen molar-refractivity contribution in [3.05, 3.63) is 33.5 Å². The Morgan fingerprint density at radius 3 is 3.17 bits per heavy atom. The first-order chi connectivity index (χ1) is 11.2. The molecule has 2 aromatic heterocycles. The van der Waals surface area contributed by atoms with Gasteiger partial charge in [0.2, 0.25) is 0 Å². The molecule has 3 heterocycles. The van der Waals surface area contributed by atoms with Crippen molar-refractivity contribution in [3.63, 3.8) is 0 Å². The third-order valence-electron chi connectivity index (χ3n) is 3.88. The maximum Gasteiger partial charge on any atom is 0.315 e. The van der Waals surface area contributed by atoms with Gasteiger partial charge >= 0.3 is 6.03 Å². The van der Waals surface area contributed by atoms with Crippen LogP contribution in [0.1, 0.15) is 41.0 Å². The highest BCUT2D eigenvalue weighted by molar-refractivity contribution is 7.10. The van der Waals surface area contributed by atoms with E-state index in [1.54, 1.807) is 18.4 Å². The van der Waals surface area contributed by atoms with Crippen LogP contribution in [0.25, 0.3) is 0 Å². The van der Waals surface area contributed by atoms with Crippen molar-refractivity contribution >= 4 is 17.4 Å². The van der Waals surface area contributed by atoms with E-state index in [-0.39, 0.29) is 12.1 Å². The van der Waals surface area contributed by atoms with Gasteiger partial charge in [-0.15, -0.1) is 11.3 Å². The van der Waals surface area contributed by atoms with Crippen LogP contribution in [0.15, 0.2) is 11.4 Å². The van der Waals surface area contributed by atoms with Crippen LogP contribution in [0, 0.1) is 6.92 Å². The fourth-order valence-electron chi connectivity index (χ4n) is 2.68. The van der Waals surface area contributed by atoms with Crippen LogP contribution in [0.2, 0.25) is 0 Å². The summed E-state index contributed by atoms with van der Waals surface area (Å²) in [6, 6.07) is 1.78. The molecule has 0 spiro atoms. The van der Waals surface area contributed by atoms with Crippen LogP contribution in [-0.2, 0) is 24.4 Å². The Hall–Kier alpha value is -1.93. The van der Waals surface area contributed by atoms with Gasteiger partial charge in [-0.05, 0) is 36.8 Å². The standard InChI is InChI=1S/C15H21N5O2S/c1-10-5-7-23-12(10)8-16-15(21)17-11-4-3-6-20-14(11)18-13(19-20)9-22-2/h5,7,11H,3-4,6,8-9H2,1-2H3,(H2,16,17,21)/t11-/m0/s1. The average Bonchev–Trinajstić information content (AvgIpc) is 3.12. The SMILES string of the molecule is COCc1nc2n(n1)CCC[C@@H]2NC(=O)NCc1sccc1C. The maximum atomic E-state index is 12.2. The average molecular weight is 335 g/mol. The second-order valence-corrected chi connectivity index (χ2v) is 6.59. The van der Waals surface area contributed by atoms with Gasteiger partial charge in [-0.25, -0.2) is 14.5 Å². The lowest BCUT2D eigenvalue weighted by Gasteiger charge is -2.23. The normalized spacial score (nSPS) is 16.9. The fourth-order valence-corrected chi connectivity index (χ4v) is 3.53. The molecule has 2 aromatic rings. The first-order valence-corrected chi connectivity index (χ1v) is 8.55. The van der Waals surface area contributed by atoms with Gasteiger partial charge in [-0.3, -0.25) is 0 Å². The number of urea groups is 1. The summed E-state index contributed by atoms with van der Waals surface area (Å²) >= 11 is 1.65. The van der Waals surface area contributed by atoms with Crippen LogP contribution < -0.4 is 10.6 Å². The monoisotopic (exact) mass is 335 g/mol. The molecule has 124 valence electrons. The number of thiophene rings is 1. The van der Waals surface area contributed by atoms with Gasteiger partial charge in [0.15, 0.2) is 5.82 Å². The van der Waals surface area contributed by atoms with Gasteiger partial charge in [0.1, 0.15) is 12.4 Å². The number of carbonyl (C=O) groups is 1. The van der Waals surface area contributed by atoms with Crippen molar-refractivity contribution in [3.8, 4) is 0 Å². The molecule has 8 heteroatoms. The first kappa shape index (κ1) is 15.9. The van der Waals surface area contributed by atoms with Crippen LogP contribution in [0.3, 0.4) is 0 Å². The van der Waals surface area contributed by atoms with Crippen molar-refractivity contribution in [2.45, 2.75) is 45.5 Å². The summed E-state index contributed by atoms with van der Waals surface area (Å²) in [7, 11) is 1.62. The molecule has 3 rings (SSSR count). The van der Waals surface area contributed by atoms with E-state index in [0.29, 0.717) is 19.0 Å². The second kappa shape index (κ2) is 7.10. The minimum Gasteiger partial charge on any atom is -0.377 e. The summed E-state index contributed by atoms with van der Waals surface area (Å²) in [6.45, 7) is 3.81. The molecule has 23 heavy (non-hydrogen) atoms. The van der Waals surface area contributed by atoms with E-state index in [0.717, 1.165) is 25.2 Å². The van der Waals surface area contributed by atoms with Crippen LogP contribution in [0.4, 0.5) is 4.79 Å². The Bertz CT molecular complexity index is 681. The number of hydrogen-bond acceptors (Lipinski definition) is 5. The van der Waals surface area contributed by atoms with Crippen molar-refractivity contribution in [2.75, 3.05) is 7.11 Å². The molecular formula is C15H21N5O2S. The zero-order chi connectivity index (χ0) is 16.2. The van der Waals surface area contributed by atoms with Crippen molar-refractivity contribution in [1.29, 1.82) is 0 Å². The van der Waals surface area contributed by atoms with E-state index in [2.05, 4.69) is 26.8 Å². The highest BCUT2D eigenvalue weighted by atomic mass is 32.1. The number of ether oxygens (including phenoxy) is 1. The van der Waals surface area contributed by atoms with E-state index in [9.17, 15) is 4.79 Å². The third-order valence-corrected chi connectivity index (χ3v) is 4.90. The molecule has 0 fully saturated rings. The van der Waals surface area contributed by atoms with Gasteiger partial charge in [0, 0.05) is 18.5 Å². The minimum atomic E-state index is -0.174. The lowest BCUT2D eigenvalue weighted by atomic mass is 10.1. The van der Waals surface area contributed by atoms with Gasteiger partial charge < -0.3 is 15.4 Å². The van der Waals surface area contributed by atoms with Gasteiger partial charge in [0.25, 0.3) is 0 Å². The molecular weight excluding hydrogens is 314 g/mol. The fraction of sp³-hybridized carbons (Fsp3) is 0.533. The molecule has 0 unspecified atom stereocenters. The highest BCUT2D eigenvalue weighted by Gasteiger charge is 2.25. The molecule has 0 aromatic carbocycles. The Balaban J connectivity index is 1.60. The molecule has 2 N–H and O–H groups in total. The molecule has 0 bridgehead atoms. The van der Waals surface area contributed by atoms with Crippen LogP contribution >= 0.6 is 11.3 Å². The largest absolute Gasteiger partial charge is 0.377 e. The van der Waals surface area contributed by atoms with E-state index >= 15 is 0 Å². The Kier molecular flexibility index (Phi) is 4.92. The number of amides is 2. The van der Waals surface area contributed by atoms with E-state index < -0.39 is 0 Å². The summed E-state index contributed by atoms with van der Waals surface area (Å²) < 4.78 is 6.94. The smallest absolute Gasteiger partial charge is 0.315 e. The van der Waals surface area contributed by atoms with Gasteiger partial charge in [-0.1, -0.05) is 0 Å². The summed E-state index contributed by atoms with van der Waals surface area (Å²) in [5, 5.41) is 12.4. The van der Waals surface area contributed by atoms with Crippen molar-refractivity contribution in [2.24, 2.45) is 0 Å². The predicted octanol–water partition coefficient (Wildman–Crippen LogP) is 2.13. The third kappa shape index (κ3) is 3.70. The zero-order valence-electron chi connectivity index (χ0n) is 13.3. The lowest BCUT2D eigenvalue weighted by molar-refractivity contribution is 0.177. The molecule has 2 amide bonds. The number of rotatable bonds is 5. The Morgan fingerprint density at radius 2 is 2.43 bits per heavy atom. The number of fused-ring (bicyclic) bond motifs is 1. The van der Waals surface area contributed by atoms with Crippen LogP contribution in [-0.4, -0.2) is 27.9 Å². The molecule has 0 aliphatic carbocycles. The number of hydrogen-bond donors (Lipinski definition) is 2. The van der Waals surface area contributed by atoms with Crippen molar-refractivity contribution < 1.29 is 9.53 Å². The summed E-state index contributed by atoms with van der Waals surface area (Å²) in [5.41, 5.74) is 1.21. The predicted molar refractivity (Wildman–Crippen MR) is 87.1 cm³/mol. The minimum absolute atomic E-state index is 0.105. The highest BCUT2D eigenvalue weighted by Crippen LogP contribution is 2.23. The topological polar surface area (TPSA) is 81.1 Å². The Morgan fingerprint density at radius 1 is 1.57 bits per heavy atom. The summed E-state index contributed by atoms with van der Waals surface area (Å²) in [6.07, 6.45) is 1.84. The van der Waals surface area contributed by atoms with E-state index in [1.807, 2.05) is 17.0 Å².